The number of amides is 2. The summed E-state index contributed by atoms with van der Waals surface area (Å²) in [6.45, 7) is 11.0. The van der Waals surface area contributed by atoms with Crippen molar-refractivity contribution in [3.63, 3.8) is 0 Å². The fourth-order valence-electron chi connectivity index (χ4n) is 4.47. The summed E-state index contributed by atoms with van der Waals surface area (Å²) in [7, 11) is -4.09. The number of hydrogen-bond donors (Lipinski definition) is 1. The van der Waals surface area contributed by atoms with Gasteiger partial charge in [-0.05, 0) is 70.4 Å². The minimum Gasteiger partial charge on any atom is -0.350 e. The summed E-state index contributed by atoms with van der Waals surface area (Å²) in [4.78, 5) is 29.0. The van der Waals surface area contributed by atoms with Gasteiger partial charge in [0.1, 0.15) is 12.6 Å². The minimum absolute atomic E-state index is 0.0879. The van der Waals surface area contributed by atoms with Crippen molar-refractivity contribution in [2.45, 2.75) is 71.0 Å². The van der Waals surface area contributed by atoms with Crippen molar-refractivity contribution in [3.8, 4) is 0 Å². The molecule has 0 aliphatic carbocycles. The van der Waals surface area contributed by atoms with Crippen molar-refractivity contribution in [3.05, 3.63) is 95.6 Å². The summed E-state index contributed by atoms with van der Waals surface area (Å²) in [5, 5.41) is 2.98. The molecule has 0 spiro atoms. The maximum absolute atomic E-state index is 14.1. The third-order valence-electron chi connectivity index (χ3n) is 6.31. The van der Waals surface area contributed by atoms with Crippen LogP contribution in [-0.4, -0.2) is 43.3 Å². The van der Waals surface area contributed by atoms with E-state index in [2.05, 4.69) is 5.32 Å². The van der Waals surface area contributed by atoms with Crippen molar-refractivity contribution < 1.29 is 18.0 Å². The van der Waals surface area contributed by atoms with E-state index in [1.54, 1.807) is 24.3 Å². The number of hydrogen-bond acceptors (Lipinski definition) is 4. The van der Waals surface area contributed by atoms with Gasteiger partial charge < -0.3 is 10.2 Å². The normalized spacial score (nSPS) is 12.5. The average molecular weight is 550 g/mol. The molecule has 1 unspecified atom stereocenters. The first-order chi connectivity index (χ1) is 18.3. The van der Waals surface area contributed by atoms with E-state index in [0.29, 0.717) is 12.1 Å². The first kappa shape index (κ1) is 29.9. The van der Waals surface area contributed by atoms with E-state index in [1.165, 1.54) is 17.0 Å². The second kappa shape index (κ2) is 12.5. The van der Waals surface area contributed by atoms with Crippen molar-refractivity contribution in [1.82, 2.24) is 10.2 Å². The van der Waals surface area contributed by atoms with Crippen molar-refractivity contribution in [1.29, 1.82) is 0 Å². The van der Waals surface area contributed by atoms with Crippen LogP contribution in [-0.2, 0) is 26.2 Å². The molecule has 3 aromatic rings. The van der Waals surface area contributed by atoms with Crippen molar-refractivity contribution in [2.75, 3.05) is 10.8 Å². The highest BCUT2D eigenvalue weighted by Gasteiger charge is 2.35. The highest BCUT2D eigenvalue weighted by Crippen LogP contribution is 2.28. The second-order valence-electron chi connectivity index (χ2n) is 10.8. The van der Waals surface area contributed by atoms with E-state index >= 15 is 0 Å². The lowest BCUT2D eigenvalue weighted by atomic mass is 10.1. The summed E-state index contributed by atoms with van der Waals surface area (Å²) >= 11 is 0. The third kappa shape index (κ3) is 7.69. The minimum atomic E-state index is -4.09. The molecule has 0 heterocycles. The molecule has 39 heavy (non-hydrogen) atoms. The van der Waals surface area contributed by atoms with Gasteiger partial charge in [0.15, 0.2) is 0 Å². The Kier molecular flexibility index (Phi) is 9.56. The number of carbonyl (C=O) groups excluding carboxylic acids is 2. The lowest BCUT2D eigenvalue weighted by Crippen LogP contribution is -2.55. The van der Waals surface area contributed by atoms with Crippen LogP contribution in [0.2, 0.25) is 0 Å². The Bertz CT molecular complexity index is 1380. The van der Waals surface area contributed by atoms with Crippen LogP contribution in [0.15, 0.2) is 83.8 Å². The number of rotatable bonds is 10. The van der Waals surface area contributed by atoms with Crippen molar-refractivity contribution in [2.24, 2.45) is 0 Å². The topological polar surface area (TPSA) is 86.8 Å². The van der Waals surface area contributed by atoms with Gasteiger partial charge in [-0.2, -0.15) is 0 Å². The van der Waals surface area contributed by atoms with Gasteiger partial charge in [0.2, 0.25) is 11.8 Å². The molecule has 0 saturated heterocycles. The SMILES string of the molecule is CCC(C(=O)NC(C)(C)C)N(Cc1ccccc1)C(=O)CN(c1ccc(C)cc1C)S(=O)(=O)c1ccccc1. The van der Waals surface area contributed by atoms with Gasteiger partial charge in [-0.15, -0.1) is 0 Å². The van der Waals surface area contributed by atoms with Crippen LogP contribution in [0, 0.1) is 13.8 Å². The van der Waals surface area contributed by atoms with E-state index in [1.807, 2.05) is 84.0 Å². The number of aryl methyl sites for hydroxylation is 2. The van der Waals surface area contributed by atoms with Gasteiger partial charge in [0, 0.05) is 12.1 Å². The third-order valence-corrected chi connectivity index (χ3v) is 8.08. The van der Waals surface area contributed by atoms with E-state index in [4.69, 9.17) is 0 Å². The molecule has 1 N–H and O–H groups in total. The van der Waals surface area contributed by atoms with Crippen molar-refractivity contribution >= 4 is 27.5 Å². The number of sulfonamides is 1. The highest BCUT2D eigenvalue weighted by molar-refractivity contribution is 7.92. The Hall–Kier alpha value is -3.65. The van der Waals surface area contributed by atoms with E-state index in [9.17, 15) is 18.0 Å². The van der Waals surface area contributed by atoms with Gasteiger partial charge in [-0.3, -0.25) is 13.9 Å². The first-order valence-electron chi connectivity index (χ1n) is 13.1. The zero-order valence-corrected chi connectivity index (χ0v) is 24.5. The van der Waals surface area contributed by atoms with Gasteiger partial charge in [-0.25, -0.2) is 8.42 Å². The number of nitrogens with zero attached hydrogens (tertiary/aromatic N) is 2. The van der Waals surface area contributed by atoms with E-state index < -0.39 is 34.1 Å². The summed E-state index contributed by atoms with van der Waals surface area (Å²) in [6.07, 6.45) is 0.371. The van der Waals surface area contributed by atoms with Crippen LogP contribution in [0.25, 0.3) is 0 Å². The summed E-state index contributed by atoms with van der Waals surface area (Å²) in [6, 6.07) is 22.1. The van der Waals surface area contributed by atoms with Crippen LogP contribution in [0.3, 0.4) is 0 Å². The lowest BCUT2D eigenvalue weighted by molar-refractivity contribution is -0.141. The van der Waals surface area contributed by atoms with Gasteiger partial charge in [0.05, 0.1) is 10.6 Å². The molecule has 0 aliphatic heterocycles. The Morgan fingerprint density at radius 3 is 2.03 bits per heavy atom. The molecule has 7 nitrogen and oxygen atoms in total. The molecule has 1 atom stereocenters. The largest absolute Gasteiger partial charge is 0.350 e. The van der Waals surface area contributed by atoms with E-state index in [0.717, 1.165) is 21.0 Å². The van der Waals surface area contributed by atoms with Gasteiger partial charge in [0.25, 0.3) is 10.0 Å². The lowest BCUT2D eigenvalue weighted by Gasteiger charge is -2.35. The zero-order valence-electron chi connectivity index (χ0n) is 23.6. The predicted molar refractivity (Wildman–Crippen MR) is 156 cm³/mol. The van der Waals surface area contributed by atoms with E-state index in [-0.39, 0.29) is 17.3 Å². The van der Waals surface area contributed by atoms with Crippen LogP contribution >= 0.6 is 0 Å². The molecule has 0 bridgehead atoms. The van der Waals surface area contributed by atoms with Crippen LogP contribution in [0.1, 0.15) is 50.8 Å². The molecule has 3 rings (SSSR count). The summed E-state index contributed by atoms with van der Waals surface area (Å²) in [5.41, 5.74) is 2.49. The molecule has 0 aliphatic rings. The number of anilines is 1. The Morgan fingerprint density at radius 1 is 0.897 bits per heavy atom. The van der Waals surface area contributed by atoms with Crippen LogP contribution in [0.4, 0.5) is 5.69 Å². The quantitative estimate of drug-likeness (QED) is 0.376. The smallest absolute Gasteiger partial charge is 0.264 e. The predicted octanol–water partition coefficient (Wildman–Crippen LogP) is 5.22. The molecule has 0 radical (unpaired) electrons. The number of carbonyl (C=O) groups is 2. The Morgan fingerprint density at radius 2 is 1.49 bits per heavy atom. The molecule has 2 amide bonds. The second-order valence-corrected chi connectivity index (χ2v) is 12.6. The molecule has 3 aromatic carbocycles. The molecular formula is C31H39N3O4S. The first-order valence-corrected chi connectivity index (χ1v) is 14.6. The molecule has 8 heteroatoms. The standard InChI is InChI=1S/C31H39N3O4S/c1-7-27(30(36)32-31(4,5)6)33(21-25-14-10-8-11-15-25)29(35)22-34(28-19-18-23(2)20-24(28)3)39(37,38)26-16-12-9-13-17-26/h8-20,27H,7,21-22H2,1-6H3,(H,32,36). The van der Waals surface area contributed by atoms with Gasteiger partial charge >= 0.3 is 0 Å². The molecule has 0 fully saturated rings. The number of benzene rings is 3. The van der Waals surface area contributed by atoms with Crippen LogP contribution < -0.4 is 9.62 Å². The average Bonchev–Trinajstić information content (AvgIpc) is 2.87. The Labute approximate surface area is 232 Å². The number of nitrogens with one attached hydrogen (secondary N) is 1. The maximum Gasteiger partial charge on any atom is 0.264 e. The monoisotopic (exact) mass is 549 g/mol. The molecule has 0 aromatic heterocycles. The maximum atomic E-state index is 14.1. The Balaban J connectivity index is 2.08. The fourth-order valence-corrected chi connectivity index (χ4v) is 5.97. The van der Waals surface area contributed by atoms with Gasteiger partial charge in [-0.1, -0.05) is 73.2 Å². The molecule has 208 valence electrons. The molecular weight excluding hydrogens is 510 g/mol. The fraction of sp³-hybridized carbons (Fsp3) is 0.355. The molecule has 0 saturated carbocycles. The highest BCUT2D eigenvalue weighted by atomic mass is 32.2. The zero-order chi connectivity index (χ0) is 28.8. The summed E-state index contributed by atoms with van der Waals surface area (Å²) < 4.78 is 29.0. The van der Waals surface area contributed by atoms with Crippen LogP contribution in [0.5, 0.6) is 0 Å². The summed E-state index contributed by atoms with van der Waals surface area (Å²) in [5.74, 6) is -0.743.